The molecule has 0 unspecified atom stereocenters. The van der Waals surface area contributed by atoms with Crippen molar-refractivity contribution in [2.75, 3.05) is 31.7 Å². The Morgan fingerprint density at radius 3 is 3.00 bits per heavy atom. The summed E-state index contributed by atoms with van der Waals surface area (Å²) in [4.78, 5) is 2.07. The molecule has 1 fully saturated rings. The van der Waals surface area contributed by atoms with E-state index in [-0.39, 0.29) is 0 Å². The average molecular weight is 256 g/mol. The predicted molar refractivity (Wildman–Crippen MR) is 69.9 cm³/mol. The van der Waals surface area contributed by atoms with Crippen LogP contribution in [0.5, 0.6) is 0 Å². The number of ether oxygens (including phenoxy) is 1. The van der Waals surface area contributed by atoms with E-state index in [1.54, 1.807) is 0 Å². The van der Waals surface area contributed by atoms with Crippen molar-refractivity contribution < 1.29 is 4.74 Å². The van der Waals surface area contributed by atoms with Crippen molar-refractivity contribution in [1.82, 2.24) is 14.8 Å². The lowest BCUT2D eigenvalue weighted by atomic mass is 10.5. The summed E-state index contributed by atoms with van der Waals surface area (Å²) < 4.78 is 8.27. The van der Waals surface area contributed by atoms with Crippen LogP contribution in [0, 0.1) is 10.7 Å². The first-order valence-electron chi connectivity index (χ1n) is 6.16. The lowest BCUT2D eigenvalue weighted by molar-refractivity contribution is 0.130. The number of aromatic amines is 1. The molecule has 0 amide bonds. The maximum absolute atomic E-state index is 5.62. The summed E-state index contributed by atoms with van der Waals surface area (Å²) in [5, 5.41) is 7.05. The van der Waals surface area contributed by atoms with Crippen molar-refractivity contribution in [3.63, 3.8) is 0 Å². The Morgan fingerprint density at radius 2 is 2.35 bits per heavy atom. The van der Waals surface area contributed by atoms with Crippen LogP contribution in [0.1, 0.15) is 19.8 Å². The molecule has 0 bridgehead atoms. The number of hydrogen-bond acceptors (Lipinski definition) is 4. The molecule has 6 heteroatoms. The molecule has 1 heterocycles. The number of nitrogens with zero attached hydrogens (tertiary/aromatic N) is 3. The molecule has 1 N–H and O–H groups in total. The van der Waals surface area contributed by atoms with Gasteiger partial charge in [0.1, 0.15) is 0 Å². The normalized spacial score (nSPS) is 15.2. The van der Waals surface area contributed by atoms with Crippen LogP contribution in [0.2, 0.25) is 0 Å². The van der Waals surface area contributed by atoms with Crippen molar-refractivity contribution in [2.24, 2.45) is 5.92 Å². The molecule has 2 rings (SSSR count). The second-order valence-corrected chi connectivity index (χ2v) is 4.90. The van der Waals surface area contributed by atoms with Crippen molar-refractivity contribution in [2.45, 2.75) is 26.3 Å². The monoisotopic (exact) mass is 256 g/mol. The molecule has 5 nitrogen and oxygen atoms in total. The van der Waals surface area contributed by atoms with Crippen LogP contribution in [-0.2, 0) is 11.3 Å². The molecule has 1 saturated carbocycles. The van der Waals surface area contributed by atoms with Gasteiger partial charge in [-0.15, -0.1) is 5.10 Å². The minimum Gasteiger partial charge on any atom is -0.379 e. The summed E-state index contributed by atoms with van der Waals surface area (Å²) >= 11 is 5.16. The molecule has 0 saturated heterocycles. The molecule has 0 atom stereocenters. The first-order valence-corrected chi connectivity index (χ1v) is 6.57. The number of likely N-dealkylation sites (N-methyl/N-ethyl adjacent to an activating group) is 1. The Hall–Kier alpha value is -0.880. The zero-order valence-corrected chi connectivity index (χ0v) is 11.3. The fourth-order valence-electron chi connectivity index (χ4n) is 1.72. The van der Waals surface area contributed by atoms with Crippen LogP contribution >= 0.6 is 12.2 Å². The molecular weight excluding hydrogens is 236 g/mol. The van der Waals surface area contributed by atoms with Gasteiger partial charge in [0.05, 0.1) is 6.61 Å². The third-order valence-electron chi connectivity index (χ3n) is 3.02. The van der Waals surface area contributed by atoms with Crippen molar-refractivity contribution >= 4 is 18.2 Å². The molecular formula is C11H20N4OS. The van der Waals surface area contributed by atoms with Crippen molar-refractivity contribution in [3.05, 3.63) is 4.77 Å². The van der Waals surface area contributed by atoms with Crippen LogP contribution in [0.4, 0.5) is 5.95 Å². The van der Waals surface area contributed by atoms with Gasteiger partial charge >= 0.3 is 0 Å². The second kappa shape index (κ2) is 5.64. The van der Waals surface area contributed by atoms with Gasteiger partial charge in [-0.2, -0.15) is 0 Å². The summed E-state index contributed by atoms with van der Waals surface area (Å²) in [6.07, 6.45) is 2.68. The first kappa shape index (κ1) is 12.6. The van der Waals surface area contributed by atoms with Gasteiger partial charge in [-0.3, -0.25) is 4.57 Å². The van der Waals surface area contributed by atoms with Crippen LogP contribution in [0.25, 0.3) is 0 Å². The van der Waals surface area contributed by atoms with Gasteiger partial charge < -0.3 is 9.64 Å². The number of anilines is 1. The average Bonchev–Trinajstić information content (AvgIpc) is 3.06. The number of H-pyrrole nitrogens is 1. The van der Waals surface area contributed by atoms with E-state index in [9.17, 15) is 0 Å². The zero-order valence-electron chi connectivity index (χ0n) is 10.5. The molecule has 1 aliphatic rings. The van der Waals surface area contributed by atoms with E-state index in [0.29, 0.717) is 4.77 Å². The molecule has 1 aliphatic carbocycles. The molecule has 0 spiro atoms. The lowest BCUT2D eigenvalue weighted by Crippen LogP contribution is -2.26. The highest BCUT2D eigenvalue weighted by Gasteiger charge is 2.21. The molecule has 0 aromatic carbocycles. The SMILES string of the molecule is CCn1c(N(C)CCOCC2CC2)n[nH]c1=S. The Balaban J connectivity index is 1.80. The topological polar surface area (TPSA) is 46.1 Å². The van der Waals surface area contributed by atoms with Gasteiger partial charge in [0, 0.05) is 26.7 Å². The summed E-state index contributed by atoms with van der Waals surface area (Å²) in [7, 11) is 2.01. The number of hydrogen-bond donors (Lipinski definition) is 1. The molecule has 96 valence electrons. The molecule has 0 radical (unpaired) electrons. The van der Waals surface area contributed by atoms with E-state index in [1.807, 2.05) is 11.6 Å². The summed E-state index contributed by atoms with van der Waals surface area (Å²) in [5.74, 6) is 1.71. The van der Waals surface area contributed by atoms with Crippen molar-refractivity contribution in [1.29, 1.82) is 0 Å². The van der Waals surface area contributed by atoms with Gasteiger partial charge in [-0.25, -0.2) is 5.10 Å². The number of nitrogens with one attached hydrogen (secondary N) is 1. The minimum atomic E-state index is 0.674. The lowest BCUT2D eigenvalue weighted by Gasteiger charge is -2.18. The largest absolute Gasteiger partial charge is 0.379 e. The quantitative estimate of drug-likeness (QED) is 0.597. The highest BCUT2D eigenvalue weighted by atomic mass is 32.1. The van der Waals surface area contributed by atoms with Gasteiger partial charge in [-0.05, 0) is 37.9 Å². The second-order valence-electron chi connectivity index (χ2n) is 4.51. The van der Waals surface area contributed by atoms with Crippen LogP contribution in [0.3, 0.4) is 0 Å². The Labute approximate surface area is 107 Å². The molecule has 1 aromatic rings. The van der Waals surface area contributed by atoms with Crippen molar-refractivity contribution in [3.8, 4) is 0 Å². The Kier molecular flexibility index (Phi) is 4.17. The van der Waals surface area contributed by atoms with Gasteiger partial charge in [0.2, 0.25) is 5.95 Å². The molecule has 17 heavy (non-hydrogen) atoms. The summed E-state index contributed by atoms with van der Waals surface area (Å²) in [6, 6.07) is 0. The summed E-state index contributed by atoms with van der Waals surface area (Å²) in [5.41, 5.74) is 0. The fourth-order valence-corrected chi connectivity index (χ4v) is 1.98. The highest BCUT2D eigenvalue weighted by Crippen LogP contribution is 2.28. The smallest absolute Gasteiger partial charge is 0.225 e. The minimum absolute atomic E-state index is 0.674. The Morgan fingerprint density at radius 1 is 1.59 bits per heavy atom. The van der Waals surface area contributed by atoms with E-state index in [2.05, 4.69) is 22.0 Å². The van der Waals surface area contributed by atoms with E-state index < -0.39 is 0 Å². The highest BCUT2D eigenvalue weighted by molar-refractivity contribution is 7.71. The van der Waals surface area contributed by atoms with Gasteiger partial charge in [0.25, 0.3) is 0 Å². The maximum Gasteiger partial charge on any atom is 0.225 e. The standard InChI is InChI=1S/C11H20N4OS/c1-3-15-10(12-13-11(15)17)14(2)6-7-16-8-9-4-5-9/h9H,3-8H2,1-2H3,(H,13,17). The summed E-state index contributed by atoms with van der Waals surface area (Å²) in [6.45, 7) is 5.39. The van der Waals surface area contributed by atoms with Gasteiger partial charge in [-0.1, -0.05) is 0 Å². The van der Waals surface area contributed by atoms with E-state index in [1.165, 1.54) is 12.8 Å². The third-order valence-corrected chi connectivity index (χ3v) is 3.33. The first-order chi connectivity index (χ1) is 8.22. The van der Waals surface area contributed by atoms with E-state index >= 15 is 0 Å². The third kappa shape index (κ3) is 3.29. The zero-order chi connectivity index (χ0) is 12.3. The molecule has 1 aromatic heterocycles. The van der Waals surface area contributed by atoms with Gasteiger partial charge in [0.15, 0.2) is 4.77 Å². The fraction of sp³-hybridized carbons (Fsp3) is 0.818. The van der Waals surface area contributed by atoms with E-state index in [4.69, 9.17) is 17.0 Å². The maximum atomic E-state index is 5.62. The molecule has 0 aliphatic heterocycles. The Bertz CT molecular complexity index is 410. The number of rotatable bonds is 7. The van der Waals surface area contributed by atoms with Crippen LogP contribution in [-0.4, -0.2) is 41.6 Å². The number of aromatic nitrogens is 3. The predicted octanol–water partition coefficient (Wildman–Crippen LogP) is 1.82. The van der Waals surface area contributed by atoms with E-state index in [0.717, 1.165) is 38.2 Å². The van der Waals surface area contributed by atoms with Crippen LogP contribution < -0.4 is 4.90 Å². The van der Waals surface area contributed by atoms with Crippen LogP contribution in [0.15, 0.2) is 0 Å².